The molecule has 84 valence electrons. The molecule has 0 saturated heterocycles. The third-order valence-electron chi connectivity index (χ3n) is 2.58. The van der Waals surface area contributed by atoms with Crippen molar-refractivity contribution < 1.29 is 0 Å². The Morgan fingerprint density at radius 2 is 2.12 bits per heavy atom. The molecule has 0 aliphatic heterocycles. The molecule has 2 aromatic rings. The largest absolute Gasteiger partial charge is 0.253 e. The van der Waals surface area contributed by atoms with Gasteiger partial charge in [-0.1, -0.05) is 25.8 Å². The Kier molecular flexibility index (Phi) is 4.05. The van der Waals surface area contributed by atoms with E-state index in [1.54, 1.807) is 11.3 Å². The molecule has 0 saturated carbocycles. The van der Waals surface area contributed by atoms with Crippen molar-refractivity contribution >= 4 is 11.3 Å². The Morgan fingerprint density at radius 3 is 2.88 bits per heavy atom. The van der Waals surface area contributed by atoms with Crippen LogP contribution in [0.3, 0.4) is 0 Å². The SMILES string of the molecule is CCCCCc1cccnc1-c1nccs1. The van der Waals surface area contributed by atoms with Crippen LogP contribution in [0.4, 0.5) is 0 Å². The van der Waals surface area contributed by atoms with Crippen molar-refractivity contribution in [3.8, 4) is 10.7 Å². The lowest BCUT2D eigenvalue weighted by molar-refractivity contribution is 0.717. The van der Waals surface area contributed by atoms with Crippen LogP contribution in [0.2, 0.25) is 0 Å². The van der Waals surface area contributed by atoms with Crippen molar-refractivity contribution in [1.82, 2.24) is 9.97 Å². The Balaban J connectivity index is 2.18. The lowest BCUT2D eigenvalue weighted by Crippen LogP contribution is -1.92. The van der Waals surface area contributed by atoms with Gasteiger partial charge in [0.05, 0.1) is 0 Å². The van der Waals surface area contributed by atoms with E-state index in [1.807, 2.05) is 23.8 Å². The fourth-order valence-electron chi connectivity index (χ4n) is 1.74. The molecule has 2 aromatic heterocycles. The summed E-state index contributed by atoms with van der Waals surface area (Å²) in [5.41, 5.74) is 2.39. The first-order valence-electron chi connectivity index (χ1n) is 5.75. The quantitative estimate of drug-likeness (QED) is 0.730. The molecule has 0 spiro atoms. The number of hydrogen-bond donors (Lipinski definition) is 0. The number of hydrogen-bond acceptors (Lipinski definition) is 3. The highest BCUT2D eigenvalue weighted by Crippen LogP contribution is 2.24. The van der Waals surface area contributed by atoms with E-state index in [9.17, 15) is 0 Å². The van der Waals surface area contributed by atoms with E-state index in [0.29, 0.717) is 0 Å². The smallest absolute Gasteiger partial charge is 0.142 e. The Hall–Kier alpha value is -1.22. The van der Waals surface area contributed by atoms with Gasteiger partial charge in [0.15, 0.2) is 0 Å². The maximum Gasteiger partial charge on any atom is 0.142 e. The second-order valence-electron chi connectivity index (χ2n) is 3.81. The molecule has 0 unspecified atom stereocenters. The van der Waals surface area contributed by atoms with Gasteiger partial charge in [0.25, 0.3) is 0 Å². The summed E-state index contributed by atoms with van der Waals surface area (Å²) in [6, 6.07) is 4.18. The van der Waals surface area contributed by atoms with Crippen LogP contribution in [0.1, 0.15) is 31.7 Å². The van der Waals surface area contributed by atoms with Crippen molar-refractivity contribution in [2.45, 2.75) is 32.6 Å². The summed E-state index contributed by atoms with van der Waals surface area (Å²) in [5.74, 6) is 0. The summed E-state index contributed by atoms with van der Waals surface area (Å²) in [6.45, 7) is 2.23. The fraction of sp³-hybridized carbons (Fsp3) is 0.385. The molecule has 16 heavy (non-hydrogen) atoms. The molecule has 3 heteroatoms. The van der Waals surface area contributed by atoms with E-state index in [2.05, 4.69) is 23.0 Å². The minimum atomic E-state index is 1.03. The van der Waals surface area contributed by atoms with Crippen molar-refractivity contribution in [3.05, 3.63) is 35.5 Å². The number of aryl methyl sites for hydroxylation is 1. The summed E-state index contributed by atoms with van der Waals surface area (Å²) in [6.07, 6.45) is 8.57. The van der Waals surface area contributed by atoms with Gasteiger partial charge in [0.1, 0.15) is 10.7 Å². The average Bonchev–Trinajstić information content (AvgIpc) is 2.83. The molecule has 0 aliphatic rings. The molecule has 0 aromatic carbocycles. The molecule has 2 nitrogen and oxygen atoms in total. The molecule has 0 N–H and O–H groups in total. The van der Waals surface area contributed by atoms with Crippen LogP contribution in [-0.2, 0) is 6.42 Å². The van der Waals surface area contributed by atoms with E-state index in [1.165, 1.54) is 24.8 Å². The normalized spacial score (nSPS) is 10.6. The summed E-state index contributed by atoms with van der Waals surface area (Å²) in [7, 11) is 0. The van der Waals surface area contributed by atoms with Gasteiger partial charge in [-0.25, -0.2) is 4.98 Å². The minimum absolute atomic E-state index is 1.03. The van der Waals surface area contributed by atoms with Crippen molar-refractivity contribution in [3.63, 3.8) is 0 Å². The number of pyridine rings is 1. The maximum absolute atomic E-state index is 4.45. The Bertz CT molecular complexity index is 423. The van der Waals surface area contributed by atoms with E-state index < -0.39 is 0 Å². The summed E-state index contributed by atoms with van der Waals surface area (Å²) in [4.78, 5) is 8.78. The molecule has 0 atom stereocenters. The first kappa shape index (κ1) is 11.3. The van der Waals surface area contributed by atoms with E-state index in [0.717, 1.165) is 17.1 Å². The predicted molar refractivity (Wildman–Crippen MR) is 68.6 cm³/mol. The third-order valence-corrected chi connectivity index (χ3v) is 3.36. The van der Waals surface area contributed by atoms with Gasteiger partial charge < -0.3 is 0 Å². The predicted octanol–water partition coefficient (Wildman–Crippen LogP) is 3.94. The van der Waals surface area contributed by atoms with Gasteiger partial charge in [0.2, 0.25) is 0 Å². The third kappa shape index (κ3) is 2.67. The van der Waals surface area contributed by atoms with Crippen LogP contribution in [0.25, 0.3) is 10.7 Å². The topological polar surface area (TPSA) is 25.8 Å². The first-order chi connectivity index (χ1) is 7.92. The van der Waals surface area contributed by atoms with E-state index in [4.69, 9.17) is 0 Å². The molecule has 0 radical (unpaired) electrons. The number of unbranched alkanes of at least 4 members (excludes halogenated alkanes) is 2. The zero-order valence-electron chi connectivity index (χ0n) is 9.52. The number of thiazole rings is 1. The van der Waals surface area contributed by atoms with Gasteiger partial charge in [0, 0.05) is 17.8 Å². The van der Waals surface area contributed by atoms with Crippen molar-refractivity contribution in [2.24, 2.45) is 0 Å². The maximum atomic E-state index is 4.45. The first-order valence-corrected chi connectivity index (χ1v) is 6.63. The van der Waals surface area contributed by atoms with Crippen LogP contribution in [-0.4, -0.2) is 9.97 Å². The zero-order chi connectivity index (χ0) is 11.2. The highest BCUT2D eigenvalue weighted by molar-refractivity contribution is 7.13. The van der Waals surface area contributed by atoms with Crippen LogP contribution in [0.15, 0.2) is 29.9 Å². The van der Waals surface area contributed by atoms with Crippen LogP contribution in [0.5, 0.6) is 0 Å². The highest BCUT2D eigenvalue weighted by atomic mass is 32.1. The summed E-state index contributed by atoms with van der Waals surface area (Å²) >= 11 is 1.66. The molecule has 2 rings (SSSR count). The number of rotatable bonds is 5. The monoisotopic (exact) mass is 232 g/mol. The van der Waals surface area contributed by atoms with Gasteiger partial charge >= 0.3 is 0 Å². The second kappa shape index (κ2) is 5.75. The summed E-state index contributed by atoms with van der Waals surface area (Å²) < 4.78 is 0. The second-order valence-corrected chi connectivity index (χ2v) is 4.70. The molecule has 0 fully saturated rings. The lowest BCUT2D eigenvalue weighted by atomic mass is 10.1. The minimum Gasteiger partial charge on any atom is -0.253 e. The van der Waals surface area contributed by atoms with Gasteiger partial charge in [-0.3, -0.25) is 4.98 Å². The average molecular weight is 232 g/mol. The van der Waals surface area contributed by atoms with Crippen molar-refractivity contribution in [2.75, 3.05) is 0 Å². The van der Waals surface area contributed by atoms with Crippen molar-refractivity contribution in [1.29, 1.82) is 0 Å². The van der Waals surface area contributed by atoms with Crippen LogP contribution in [0, 0.1) is 0 Å². The van der Waals surface area contributed by atoms with Crippen LogP contribution < -0.4 is 0 Å². The zero-order valence-corrected chi connectivity index (χ0v) is 10.3. The van der Waals surface area contributed by atoms with E-state index in [-0.39, 0.29) is 0 Å². The van der Waals surface area contributed by atoms with Gasteiger partial charge in [-0.05, 0) is 24.5 Å². The molecule has 0 aliphatic carbocycles. The molecule has 0 amide bonds. The Labute approximate surface area is 100 Å². The standard InChI is InChI=1S/C13H16N2S/c1-2-3-4-6-11-7-5-8-14-12(11)13-15-9-10-16-13/h5,7-10H,2-4,6H2,1H3. The molecular formula is C13H16N2S. The lowest BCUT2D eigenvalue weighted by Gasteiger charge is -2.05. The van der Waals surface area contributed by atoms with Crippen LogP contribution >= 0.6 is 11.3 Å². The Morgan fingerprint density at radius 1 is 1.19 bits per heavy atom. The number of nitrogens with zero attached hydrogens (tertiary/aromatic N) is 2. The highest BCUT2D eigenvalue weighted by Gasteiger charge is 2.07. The van der Waals surface area contributed by atoms with E-state index >= 15 is 0 Å². The summed E-state index contributed by atoms with van der Waals surface area (Å²) in [5, 5.41) is 3.03. The number of aromatic nitrogens is 2. The van der Waals surface area contributed by atoms with Gasteiger partial charge in [-0.2, -0.15) is 0 Å². The molecular weight excluding hydrogens is 216 g/mol. The molecule has 2 heterocycles. The fourth-order valence-corrected chi connectivity index (χ4v) is 2.41. The van der Waals surface area contributed by atoms with Gasteiger partial charge in [-0.15, -0.1) is 11.3 Å². The molecule has 0 bridgehead atoms.